The van der Waals surface area contributed by atoms with Crippen LogP contribution in [-0.4, -0.2) is 23.4 Å². The average molecular weight is 280 g/mol. The van der Waals surface area contributed by atoms with Crippen molar-refractivity contribution in [2.75, 3.05) is 0 Å². The number of hydrogen-bond acceptors (Lipinski definition) is 2. The molecular weight excluding hydrogens is 248 g/mol. The van der Waals surface area contributed by atoms with Crippen LogP contribution in [0.15, 0.2) is 0 Å². The molecule has 0 aromatic carbocycles. The van der Waals surface area contributed by atoms with E-state index in [1.807, 2.05) is 0 Å². The second-order valence-electron chi connectivity index (χ2n) is 8.50. The molecule has 0 heterocycles. The minimum Gasteiger partial charge on any atom is -0.393 e. The fourth-order valence-corrected chi connectivity index (χ4v) is 5.62. The lowest BCUT2D eigenvalue weighted by atomic mass is 9.65. The van der Waals surface area contributed by atoms with Crippen LogP contribution in [0.1, 0.15) is 72.6 Å². The molecule has 0 aromatic heterocycles. The van der Waals surface area contributed by atoms with Gasteiger partial charge in [-0.05, 0) is 74.5 Å². The van der Waals surface area contributed by atoms with E-state index >= 15 is 0 Å². The fourth-order valence-electron chi connectivity index (χ4n) is 5.62. The van der Waals surface area contributed by atoms with Crippen LogP contribution in [0, 0.1) is 22.7 Å². The molecule has 0 aliphatic heterocycles. The maximum atomic E-state index is 9.82. The van der Waals surface area contributed by atoms with Gasteiger partial charge in [0.15, 0.2) is 0 Å². The summed E-state index contributed by atoms with van der Waals surface area (Å²) in [7, 11) is 0. The molecule has 2 heteroatoms. The SMILES string of the molecule is CC(OC1CCCC(O)C1)[C@H]1C[C@@H]2CC[C@@]1(C)C2(C)C. The minimum absolute atomic E-state index is 0.131. The maximum absolute atomic E-state index is 9.82. The summed E-state index contributed by atoms with van der Waals surface area (Å²) in [5.74, 6) is 1.59. The highest BCUT2D eigenvalue weighted by Crippen LogP contribution is 2.69. The molecule has 20 heavy (non-hydrogen) atoms. The third kappa shape index (κ3) is 2.14. The molecule has 3 fully saturated rings. The summed E-state index contributed by atoms with van der Waals surface area (Å²) >= 11 is 0. The van der Waals surface area contributed by atoms with Crippen LogP contribution >= 0.6 is 0 Å². The number of aliphatic hydroxyl groups excluding tert-OH is 1. The van der Waals surface area contributed by atoms with Crippen molar-refractivity contribution in [3.63, 3.8) is 0 Å². The van der Waals surface area contributed by atoms with E-state index in [1.54, 1.807) is 0 Å². The van der Waals surface area contributed by atoms with Gasteiger partial charge in [-0.1, -0.05) is 20.8 Å². The van der Waals surface area contributed by atoms with Gasteiger partial charge in [0.05, 0.1) is 18.3 Å². The van der Waals surface area contributed by atoms with Crippen LogP contribution in [-0.2, 0) is 4.74 Å². The molecule has 3 aliphatic carbocycles. The maximum Gasteiger partial charge on any atom is 0.0603 e. The fraction of sp³-hybridized carbons (Fsp3) is 1.00. The normalized spacial score (nSPS) is 48.5. The summed E-state index contributed by atoms with van der Waals surface area (Å²) in [4.78, 5) is 0. The van der Waals surface area contributed by atoms with E-state index in [1.165, 1.54) is 19.3 Å². The lowest BCUT2D eigenvalue weighted by Crippen LogP contribution is -2.40. The van der Waals surface area contributed by atoms with Gasteiger partial charge >= 0.3 is 0 Å². The first-order valence-electron chi connectivity index (χ1n) is 8.68. The third-order valence-corrected chi connectivity index (χ3v) is 7.43. The average Bonchev–Trinajstić information content (AvgIpc) is 2.71. The number of fused-ring (bicyclic) bond motifs is 2. The van der Waals surface area contributed by atoms with E-state index < -0.39 is 0 Å². The third-order valence-electron chi connectivity index (χ3n) is 7.43. The van der Waals surface area contributed by atoms with E-state index in [0.717, 1.165) is 31.6 Å². The molecule has 3 unspecified atom stereocenters. The Kier molecular flexibility index (Phi) is 3.70. The Morgan fingerprint density at radius 2 is 1.85 bits per heavy atom. The summed E-state index contributed by atoms with van der Waals surface area (Å²) in [6.07, 6.45) is 8.70. The van der Waals surface area contributed by atoms with Crippen molar-refractivity contribution >= 4 is 0 Å². The van der Waals surface area contributed by atoms with E-state index in [9.17, 15) is 5.11 Å². The van der Waals surface area contributed by atoms with Crippen LogP contribution in [0.5, 0.6) is 0 Å². The second kappa shape index (κ2) is 4.98. The van der Waals surface area contributed by atoms with Crippen LogP contribution in [0.3, 0.4) is 0 Å². The van der Waals surface area contributed by atoms with E-state index in [4.69, 9.17) is 4.74 Å². The highest BCUT2D eigenvalue weighted by Gasteiger charge is 2.62. The van der Waals surface area contributed by atoms with Gasteiger partial charge in [0.2, 0.25) is 0 Å². The molecule has 2 bridgehead atoms. The van der Waals surface area contributed by atoms with Crippen molar-refractivity contribution in [1.29, 1.82) is 0 Å². The molecule has 0 amide bonds. The molecule has 0 aromatic rings. The second-order valence-corrected chi connectivity index (χ2v) is 8.50. The van der Waals surface area contributed by atoms with Crippen molar-refractivity contribution < 1.29 is 9.84 Å². The predicted molar refractivity (Wildman–Crippen MR) is 81.5 cm³/mol. The Hall–Kier alpha value is -0.0800. The van der Waals surface area contributed by atoms with Crippen molar-refractivity contribution in [1.82, 2.24) is 0 Å². The first kappa shape index (κ1) is 14.8. The van der Waals surface area contributed by atoms with E-state index in [-0.39, 0.29) is 6.10 Å². The molecule has 2 nitrogen and oxygen atoms in total. The molecular formula is C18H32O2. The molecule has 0 saturated heterocycles. The van der Waals surface area contributed by atoms with Crippen molar-refractivity contribution in [3.05, 3.63) is 0 Å². The van der Waals surface area contributed by atoms with Crippen molar-refractivity contribution in [2.45, 2.75) is 91.0 Å². The summed E-state index contributed by atoms with van der Waals surface area (Å²) in [5.41, 5.74) is 0.922. The van der Waals surface area contributed by atoms with Crippen LogP contribution in [0.4, 0.5) is 0 Å². The molecule has 3 rings (SSSR count). The molecule has 3 saturated carbocycles. The Balaban J connectivity index is 1.65. The van der Waals surface area contributed by atoms with Gasteiger partial charge in [0, 0.05) is 0 Å². The Bertz CT molecular complexity index is 364. The summed E-state index contributed by atoms with van der Waals surface area (Å²) in [6.45, 7) is 9.73. The minimum atomic E-state index is -0.131. The molecule has 0 spiro atoms. The van der Waals surface area contributed by atoms with Gasteiger partial charge in [-0.25, -0.2) is 0 Å². The Labute approximate surface area is 124 Å². The van der Waals surface area contributed by atoms with Gasteiger partial charge in [-0.3, -0.25) is 0 Å². The van der Waals surface area contributed by atoms with E-state index in [0.29, 0.717) is 29.0 Å². The lowest BCUT2D eigenvalue weighted by molar-refractivity contribution is -0.0961. The molecule has 3 aliphatic rings. The van der Waals surface area contributed by atoms with Gasteiger partial charge < -0.3 is 9.84 Å². The first-order chi connectivity index (χ1) is 9.34. The lowest BCUT2D eigenvalue weighted by Gasteiger charge is -2.43. The number of ether oxygens (including phenoxy) is 1. The van der Waals surface area contributed by atoms with Gasteiger partial charge in [0.25, 0.3) is 0 Å². The summed E-state index contributed by atoms with van der Waals surface area (Å²) in [5, 5.41) is 9.82. The summed E-state index contributed by atoms with van der Waals surface area (Å²) < 4.78 is 6.40. The zero-order valence-electron chi connectivity index (χ0n) is 13.7. The van der Waals surface area contributed by atoms with Crippen LogP contribution in [0.25, 0.3) is 0 Å². The zero-order chi connectivity index (χ0) is 14.5. The summed E-state index contributed by atoms with van der Waals surface area (Å²) in [6, 6.07) is 0. The topological polar surface area (TPSA) is 29.5 Å². The van der Waals surface area contributed by atoms with Gasteiger partial charge in [-0.15, -0.1) is 0 Å². The highest BCUT2D eigenvalue weighted by molar-refractivity contribution is 5.11. The smallest absolute Gasteiger partial charge is 0.0603 e. The van der Waals surface area contributed by atoms with Crippen LogP contribution < -0.4 is 0 Å². The predicted octanol–water partition coefficient (Wildman–Crippen LogP) is 4.16. The quantitative estimate of drug-likeness (QED) is 0.841. The number of hydrogen-bond donors (Lipinski definition) is 1. The first-order valence-corrected chi connectivity index (χ1v) is 8.68. The Morgan fingerprint density at radius 3 is 2.40 bits per heavy atom. The van der Waals surface area contributed by atoms with Crippen molar-refractivity contribution in [2.24, 2.45) is 22.7 Å². The van der Waals surface area contributed by atoms with Gasteiger partial charge in [0.1, 0.15) is 0 Å². The van der Waals surface area contributed by atoms with Gasteiger partial charge in [-0.2, -0.15) is 0 Å². The van der Waals surface area contributed by atoms with E-state index in [2.05, 4.69) is 27.7 Å². The number of aliphatic hydroxyl groups is 1. The van der Waals surface area contributed by atoms with Crippen LogP contribution in [0.2, 0.25) is 0 Å². The van der Waals surface area contributed by atoms with Crippen molar-refractivity contribution in [3.8, 4) is 0 Å². The molecule has 1 N–H and O–H groups in total. The Morgan fingerprint density at radius 1 is 1.10 bits per heavy atom. The molecule has 0 radical (unpaired) electrons. The monoisotopic (exact) mass is 280 g/mol. The highest BCUT2D eigenvalue weighted by atomic mass is 16.5. The molecule has 116 valence electrons. The largest absolute Gasteiger partial charge is 0.393 e. The standard InChI is InChI=1S/C18H32O2/c1-12(20-15-7-5-6-14(19)11-15)16-10-13-8-9-18(16,4)17(13,2)3/h12-16,19H,5-11H2,1-4H3/t12?,13-,14?,15?,16+,18+/m0/s1. The number of rotatable bonds is 3. The molecule has 6 atom stereocenters. The zero-order valence-corrected chi connectivity index (χ0v) is 13.7.